The van der Waals surface area contributed by atoms with Gasteiger partial charge in [-0.2, -0.15) is 13.2 Å². The summed E-state index contributed by atoms with van der Waals surface area (Å²) in [5.41, 5.74) is -0.935. The molecule has 0 aliphatic rings. The first-order valence-corrected chi connectivity index (χ1v) is 4.26. The van der Waals surface area contributed by atoms with Gasteiger partial charge in [0.1, 0.15) is 0 Å². The molecule has 1 heterocycles. The topological polar surface area (TPSA) is 12.9 Å². The van der Waals surface area contributed by atoms with E-state index in [0.29, 0.717) is 0 Å². The molecule has 0 amide bonds. The summed E-state index contributed by atoms with van der Waals surface area (Å²) in [7, 11) is 0. The molecular formula is C6H2ClF3IN. The Balaban J connectivity index is 3.26. The lowest BCUT2D eigenvalue weighted by atomic mass is 10.3. The second kappa shape index (κ2) is 3.37. The first-order chi connectivity index (χ1) is 5.43. The fourth-order valence-electron chi connectivity index (χ4n) is 0.618. The number of rotatable bonds is 0. The lowest BCUT2D eigenvalue weighted by Crippen LogP contribution is -2.10. The predicted molar refractivity (Wildman–Crippen MR) is 47.0 cm³/mol. The second-order valence-electron chi connectivity index (χ2n) is 1.95. The van der Waals surface area contributed by atoms with Crippen LogP contribution in [0, 0.1) is 3.57 Å². The first kappa shape index (κ1) is 10.0. The van der Waals surface area contributed by atoms with Crippen molar-refractivity contribution in [3.8, 4) is 0 Å². The van der Waals surface area contributed by atoms with Gasteiger partial charge in [-0.15, -0.1) is 0 Å². The quantitative estimate of drug-likeness (QED) is 0.670. The van der Waals surface area contributed by atoms with Gasteiger partial charge in [-0.1, -0.05) is 11.6 Å². The van der Waals surface area contributed by atoms with Crippen LogP contribution >= 0.6 is 34.2 Å². The molecule has 0 spiro atoms. The van der Waals surface area contributed by atoms with E-state index in [1.165, 1.54) is 28.7 Å². The van der Waals surface area contributed by atoms with Gasteiger partial charge in [0.2, 0.25) is 0 Å². The van der Waals surface area contributed by atoms with E-state index in [1.807, 2.05) is 0 Å². The normalized spacial score (nSPS) is 11.8. The summed E-state index contributed by atoms with van der Waals surface area (Å²) in [6.45, 7) is 0. The largest absolute Gasteiger partial charge is 0.434 e. The van der Waals surface area contributed by atoms with Gasteiger partial charge in [-0.3, -0.25) is 4.98 Å². The molecule has 0 aromatic carbocycles. The Hall–Kier alpha value is -0.0400. The molecule has 0 atom stereocenters. The molecule has 6 heteroatoms. The van der Waals surface area contributed by atoms with Crippen molar-refractivity contribution in [2.75, 3.05) is 0 Å². The number of aromatic nitrogens is 1. The second-order valence-corrected chi connectivity index (χ2v) is 3.44. The van der Waals surface area contributed by atoms with Crippen molar-refractivity contribution in [2.24, 2.45) is 0 Å². The Labute approximate surface area is 85.1 Å². The van der Waals surface area contributed by atoms with Crippen LogP contribution in [0.1, 0.15) is 5.69 Å². The zero-order valence-electron chi connectivity index (χ0n) is 5.49. The van der Waals surface area contributed by atoms with Gasteiger partial charge in [0.25, 0.3) is 0 Å². The summed E-state index contributed by atoms with van der Waals surface area (Å²) < 4.78 is 36.2. The minimum absolute atomic E-state index is 0.0655. The molecule has 0 aliphatic carbocycles. The maximum Gasteiger partial charge on any atom is 0.434 e. The van der Waals surface area contributed by atoms with Crippen molar-refractivity contribution in [1.82, 2.24) is 4.98 Å². The fraction of sp³-hybridized carbons (Fsp3) is 0.167. The van der Waals surface area contributed by atoms with Gasteiger partial charge in [0.05, 0.1) is 8.59 Å². The van der Waals surface area contributed by atoms with Crippen molar-refractivity contribution in [2.45, 2.75) is 6.18 Å². The van der Waals surface area contributed by atoms with Gasteiger partial charge in [0.15, 0.2) is 5.69 Å². The number of halogens is 5. The average molecular weight is 307 g/mol. The van der Waals surface area contributed by atoms with E-state index in [-0.39, 0.29) is 8.59 Å². The molecule has 0 bridgehead atoms. The van der Waals surface area contributed by atoms with Crippen LogP contribution in [0.15, 0.2) is 12.3 Å². The van der Waals surface area contributed by atoms with Crippen molar-refractivity contribution < 1.29 is 13.2 Å². The SMILES string of the molecule is FC(F)(F)c1nccc(Cl)c1I. The molecule has 12 heavy (non-hydrogen) atoms. The Morgan fingerprint density at radius 1 is 1.42 bits per heavy atom. The Morgan fingerprint density at radius 3 is 2.42 bits per heavy atom. The molecule has 0 aliphatic heterocycles. The summed E-state index contributed by atoms with van der Waals surface area (Å²) >= 11 is 6.99. The van der Waals surface area contributed by atoms with Crippen LogP contribution in [0.2, 0.25) is 5.02 Å². The minimum atomic E-state index is -4.43. The third-order valence-electron chi connectivity index (χ3n) is 1.11. The van der Waals surface area contributed by atoms with Crippen molar-refractivity contribution in [1.29, 1.82) is 0 Å². The van der Waals surface area contributed by atoms with E-state index in [4.69, 9.17) is 11.6 Å². The summed E-state index contributed by atoms with van der Waals surface area (Å²) in [4.78, 5) is 3.19. The minimum Gasteiger partial charge on any atom is -0.251 e. The Kier molecular flexibility index (Phi) is 2.82. The van der Waals surface area contributed by atoms with E-state index in [0.717, 1.165) is 6.20 Å². The zero-order chi connectivity index (χ0) is 9.35. The number of hydrogen-bond acceptors (Lipinski definition) is 1. The van der Waals surface area contributed by atoms with Crippen LogP contribution in [-0.2, 0) is 6.18 Å². The highest BCUT2D eigenvalue weighted by atomic mass is 127. The Morgan fingerprint density at radius 2 is 2.00 bits per heavy atom. The molecular weight excluding hydrogens is 305 g/mol. The summed E-state index contributed by atoms with van der Waals surface area (Å²) in [5, 5.41) is 0.0675. The molecule has 66 valence electrons. The zero-order valence-corrected chi connectivity index (χ0v) is 8.41. The van der Waals surface area contributed by atoms with E-state index in [9.17, 15) is 13.2 Å². The standard InChI is InChI=1S/C6H2ClF3IN/c7-3-1-2-12-5(4(3)11)6(8,9)10/h1-2H. The number of alkyl halides is 3. The van der Waals surface area contributed by atoms with E-state index in [2.05, 4.69) is 4.98 Å². The van der Waals surface area contributed by atoms with Crippen LogP contribution in [0.3, 0.4) is 0 Å². The fourth-order valence-corrected chi connectivity index (χ4v) is 1.39. The van der Waals surface area contributed by atoms with Crippen LogP contribution in [-0.4, -0.2) is 4.98 Å². The molecule has 0 saturated carbocycles. The highest BCUT2D eigenvalue weighted by molar-refractivity contribution is 14.1. The highest BCUT2D eigenvalue weighted by Gasteiger charge is 2.35. The van der Waals surface area contributed by atoms with Gasteiger partial charge in [-0.05, 0) is 28.7 Å². The van der Waals surface area contributed by atoms with Crippen LogP contribution in [0.4, 0.5) is 13.2 Å². The molecule has 0 fully saturated rings. The lowest BCUT2D eigenvalue weighted by Gasteiger charge is -2.07. The monoisotopic (exact) mass is 307 g/mol. The molecule has 1 aromatic rings. The van der Waals surface area contributed by atoms with Crippen LogP contribution < -0.4 is 0 Å². The molecule has 1 nitrogen and oxygen atoms in total. The lowest BCUT2D eigenvalue weighted by molar-refractivity contribution is -0.141. The number of hydrogen-bond donors (Lipinski definition) is 0. The Bertz CT molecular complexity index is 299. The van der Waals surface area contributed by atoms with Crippen molar-refractivity contribution in [3.05, 3.63) is 26.5 Å². The summed E-state index contributed by atoms with van der Waals surface area (Å²) in [5.74, 6) is 0. The summed E-state index contributed by atoms with van der Waals surface area (Å²) in [6, 6.07) is 1.32. The highest BCUT2D eigenvalue weighted by Crippen LogP contribution is 2.33. The smallest absolute Gasteiger partial charge is 0.251 e. The van der Waals surface area contributed by atoms with E-state index < -0.39 is 11.9 Å². The molecule has 0 radical (unpaired) electrons. The number of nitrogens with zero attached hydrogens (tertiary/aromatic N) is 1. The third-order valence-corrected chi connectivity index (χ3v) is 2.84. The first-order valence-electron chi connectivity index (χ1n) is 2.80. The van der Waals surface area contributed by atoms with Gasteiger partial charge < -0.3 is 0 Å². The van der Waals surface area contributed by atoms with Gasteiger partial charge in [0, 0.05) is 6.20 Å². The van der Waals surface area contributed by atoms with Gasteiger partial charge >= 0.3 is 6.18 Å². The van der Waals surface area contributed by atoms with Crippen molar-refractivity contribution in [3.63, 3.8) is 0 Å². The van der Waals surface area contributed by atoms with E-state index >= 15 is 0 Å². The predicted octanol–water partition coefficient (Wildman–Crippen LogP) is 3.36. The molecule has 0 unspecified atom stereocenters. The van der Waals surface area contributed by atoms with Crippen LogP contribution in [0.25, 0.3) is 0 Å². The summed E-state index contributed by atoms with van der Waals surface area (Å²) in [6.07, 6.45) is -3.39. The number of pyridine rings is 1. The third kappa shape index (κ3) is 2.01. The maximum absolute atomic E-state index is 12.1. The molecule has 0 N–H and O–H groups in total. The average Bonchev–Trinajstić information content (AvgIpc) is 1.92. The van der Waals surface area contributed by atoms with Crippen molar-refractivity contribution >= 4 is 34.2 Å². The molecule has 1 rings (SSSR count). The van der Waals surface area contributed by atoms with E-state index in [1.54, 1.807) is 0 Å². The molecule has 0 saturated heterocycles. The van der Waals surface area contributed by atoms with Gasteiger partial charge in [-0.25, -0.2) is 0 Å². The molecule has 1 aromatic heterocycles. The maximum atomic E-state index is 12.1. The van der Waals surface area contributed by atoms with Crippen LogP contribution in [0.5, 0.6) is 0 Å².